The number of carbonyl (C=O) groups excluding carboxylic acids is 1. The lowest BCUT2D eigenvalue weighted by Crippen LogP contribution is -2.53. The first-order valence-electron chi connectivity index (χ1n) is 7.77. The Morgan fingerprint density at radius 2 is 1.92 bits per heavy atom. The van der Waals surface area contributed by atoms with Crippen molar-refractivity contribution in [1.29, 1.82) is 0 Å². The second kappa shape index (κ2) is 9.05. The highest BCUT2D eigenvalue weighted by Gasteiger charge is 2.26. The van der Waals surface area contributed by atoms with E-state index in [9.17, 15) is 4.79 Å². The molecule has 0 aliphatic carbocycles. The number of amides is 1. The maximum absolute atomic E-state index is 12.0. The number of guanidine groups is 1. The number of pyridine rings is 1. The van der Waals surface area contributed by atoms with Crippen molar-refractivity contribution in [2.24, 2.45) is 10.7 Å². The lowest BCUT2D eigenvalue weighted by atomic mass is 10.2. The Kier molecular flexibility index (Phi) is 7.71. The summed E-state index contributed by atoms with van der Waals surface area (Å²) in [6.07, 6.45) is 3.23. The van der Waals surface area contributed by atoms with E-state index in [0.717, 1.165) is 5.56 Å². The smallest absolute Gasteiger partial charge is 0.410 e. The number of nitrogens with zero attached hydrogens (tertiary/aromatic N) is 4. The van der Waals surface area contributed by atoms with Crippen molar-refractivity contribution < 1.29 is 9.53 Å². The molecule has 1 aliphatic heterocycles. The monoisotopic (exact) mass is 447 g/mol. The van der Waals surface area contributed by atoms with Gasteiger partial charge < -0.3 is 20.3 Å². The second-order valence-electron chi connectivity index (χ2n) is 6.49. The molecule has 134 valence electrons. The zero-order valence-corrected chi connectivity index (χ0v) is 16.8. The number of hydrogen-bond donors (Lipinski definition) is 1. The molecular weight excluding hydrogens is 421 g/mol. The fraction of sp³-hybridized carbons (Fsp3) is 0.562. The van der Waals surface area contributed by atoms with E-state index in [0.29, 0.717) is 38.7 Å². The van der Waals surface area contributed by atoms with Gasteiger partial charge in [-0.2, -0.15) is 0 Å². The number of nitrogens with two attached hydrogens (primary N) is 1. The van der Waals surface area contributed by atoms with Crippen LogP contribution in [0.1, 0.15) is 26.3 Å². The van der Waals surface area contributed by atoms with Crippen molar-refractivity contribution in [3.63, 3.8) is 0 Å². The van der Waals surface area contributed by atoms with Crippen LogP contribution in [0.15, 0.2) is 29.5 Å². The first-order chi connectivity index (χ1) is 10.8. The van der Waals surface area contributed by atoms with Crippen LogP contribution in [-0.4, -0.2) is 58.6 Å². The number of hydrogen-bond acceptors (Lipinski definition) is 4. The van der Waals surface area contributed by atoms with Crippen LogP contribution in [0.2, 0.25) is 0 Å². The van der Waals surface area contributed by atoms with E-state index in [2.05, 4.69) is 9.98 Å². The molecule has 0 saturated carbocycles. The highest BCUT2D eigenvalue weighted by molar-refractivity contribution is 14.0. The Labute approximate surface area is 160 Å². The fourth-order valence-electron chi connectivity index (χ4n) is 2.21. The summed E-state index contributed by atoms with van der Waals surface area (Å²) < 4.78 is 5.38. The topological polar surface area (TPSA) is 84.0 Å². The third-order valence-electron chi connectivity index (χ3n) is 3.40. The van der Waals surface area contributed by atoms with E-state index in [-0.39, 0.29) is 30.1 Å². The Bertz CT molecular complexity index is 551. The lowest BCUT2D eigenvalue weighted by Gasteiger charge is -2.36. The van der Waals surface area contributed by atoms with E-state index >= 15 is 0 Å². The maximum atomic E-state index is 12.0. The third kappa shape index (κ3) is 6.50. The molecule has 1 aromatic heterocycles. The molecule has 8 heteroatoms. The summed E-state index contributed by atoms with van der Waals surface area (Å²) in [4.78, 5) is 24.2. The van der Waals surface area contributed by atoms with Gasteiger partial charge in [-0.3, -0.25) is 4.98 Å². The molecule has 0 radical (unpaired) electrons. The molecule has 0 atom stereocenters. The average Bonchev–Trinajstić information content (AvgIpc) is 2.52. The van der Waals surface area contributed by atoms with Crippen LogP contribution in [0.3, 0.4) is 0 Å². The van der Waals surface area contributed by atoms with E-state index in [1.165, 1.54) is 0 Å². The highest BCUT2D eigenvalue weighted by atomic mass is 127. The molecule has 0 unspecified atom stereocenters. The average molecular weight is 447 g/mol. The number of rotatable bonds is 2. The summed E-state index contributed by atoms with van der Waals surface area (Å²) >= 11 is 0. The summed E-state index contributed by atoms with van der Waals surface area (Å²) in [6, 6.07) is 3.84. The molecule has 0 spiro atoms. The van der Waals surface area contributed by atoms with Crippen molar-refractivity contribution in [1.82, 2.24) is 14.8 Å². The van der Waals surface area contributed by atoms with Gasteiger partial charge in [0.05, 0.1) is 6.54 Å². The van der Waals surface area contributed by atoms with Crippen molar-refractivity contribution in [2.75, 3.05) is 26.2 Å². The Hall–Kier alpha value is -1.58. The summed E-state index contributed by atoms with van der Waals surface area (Å²) in [5.41, 5.74) is 6.58. The SMILES string of the molecule is CC(C)(C)OC(=O)N1CCN(C(N)=NCc2cccnc2)CC1.I. The molecule has 1 aliphatic rings. The van der Waals surface area contributed by atoms with Crippen LogP contribution in [0.4, 0.5) is 4.79 Å². The third-order valence-corrected chi connectivity index (χ3v) is 3.40. The van der Waals surface area contributed by atoms with Crippen molar-refractivity contribution >= 4 is 36.0 Å². The number of ether oxygens (including phenoxy) is 1. The summed E-state index contributed by atoms with van der Waals surface area (Å²) in [6.45, 7) is 8.57. The largest absolute Gasteiger partial charge is 0.444 e. The van der Waals surface area contributed by atoms with Crippen LogP contribution in [0, 0.1) is 0 Å². The van der Waals surface area contributed by atoms with Gasteiger partial charge in [-0.1, -0.05) is 6.07 Å². The predicted molar refractivity (Wildman–Crippen MR) is 104 cm³/mol. The van der Waals surface area contributed by atoms with Crippen LogP contribution in [-0.2, 0) is 11.3 Å². The molecule has 1 fully saturated rings. The van der Waals surface area contributed by atoms with Gasteiger partial charge in [0, 0.05) is 38.6 Å². The fourth-order valence-corrected chi connectivity index (χ4v) is 2.21. The van der Waals surface area contributed by atoms with Gasteiger partial charge in [-0.25, -0.2) is 9.79 Å². The molecule has 0 aromatic carbocycles. The Morgan fingerprint density at radius 1 is 1.29 bits per heavy atom. The van der Waals surface area contributed by atoms with Crippen molar-refractivity contribution in [3.05, 3.63) is 30.1 Å². The van der Waals surface area contributed by atoms with Crippen LogP contribution in [0.5, 0.6) is 0 Å². The predicted octanol–water partition coefficient (Wildman–Crippen LogP) is 2.07. The molecule has 1 amide bonds. The van der Waals surface area contributed by atoms with Gasteiger partial charge in [0.1, 0.15) is 5.60 Å². The molecule has 0 bridgehead atoms. The number of halogens is 1. The molecule has 24 heavy (non-hydrogen) atoms. The van der Waals surface area contributed by atoms with Crippen LogP contribution < -0.4 is 5.73 Å². The standard InChI is InChI=1S/C16H25N5O2.HI/c1-16(2,3)23-15(22)21-9-7-20(8-10-21)14(17)19-12-13-5-4-6-18-11-13;/h4-6,11H,7-10,12H2,1-3H3,(H2,17,19);1H. The van der Waals surface area contributed by atoms with E-state index in [1.807, 2.05) is 37.8 Å². The van der Waals surface area contributed by atoms with E-state index in [1.54, 1.807) is 17.3 Å². The summed E-state index contributed by atoms with van der Waals surface area (Å²) in [5, 5.41) is 0. The van der Waals surface area contributed by atoms with Crippen LogP contribution >= 0.6 is 24.0 Å². The molecule has 1 aromatic rings. The van der Waals surface area contributed by atoms with Gasteiger partial charge >= 0.3 is 6.09 Å². The summed E-state index contributed by atoms with van der Waals surface area (Å²) in [5.74, 6) is 0.498. The quantitative estimate of drug-likeness (QED) is 0.427. The molecule has 2 rings (SSSR count). The van der Waals surface area contributed by atoms with Crippen LogP contribution in [0.25, 0.3) is 0 Å². The number of carbonyl (C=O) groups is 1. The van der Waals surface area contributed by atoms with Gasteiger partial charge in [0.2, 0.25) is 0 Å². The first kappa shape index (κ1) is 20.5. The summed E-state index contributed by atoms with van der Waals surface area (Å²) in [7, 11) is 0. The normalized spacial score (nSPS) is 15.7. The molecular formula is C16H26IN5O2. The van der Waals surface area contributed by atoms with E-state index in [4.69, 9.17) is 10.5 Å². The van der Waals surface area contributed by atoms with Crippen molar-refractivity contribution in [3.8, 4) is 0 Å². The van der Waals surface area contributed by atoms with Gasteiger partial charge in [-0.05, 0) is 32.4 Å². The molecule has 1 saturated heterocycles. The number of aromatic nitrogens is 1. The zero-order chi connectivity index (χ0) is 16.9. The minimum atomic E-state index is -0.474. The highest BCUT2D eigenvalue weighted by Crippen LogP contribution is 2.12. The van der Waals surface area contributed by atoms with Crippen molar-refractivity contribution in [2.45, 2.75) is 32.9 Å². The van der Waals surface area contributed by atoms with Gasteiger partial charge in [-0.15, -0.1) is 24.0 Å². The Balaban J connectivity index is 0.00000288. The van der Waals surface area contributed by atoms with Gasteiger partial charge in [0.25, 0.3) is 0 Å². The maximum Gasteiger partial charge on any atom is 0.410 e. The zero-order valence-electron chi connectivity index (χ0n) is 14.4. The minimum absolute atomic E-state index is 0. The molecule has 2 N–H and O–H groups in total. The minimum Gasteiger partial charge on any atom is -0.444 e. The number of piperazine rings is 1. The van der Waals surface area contributed by atoms with E-state index < -0.39 is 5.60 Å². The number of aliphatic imine (C=N–C) groups is 1. The molecule has 7 nitrogen and oxygen atoms in total. The second-order valence-corrected chi connectivity index (χ2v) is 6.49. The molecule has 2 heterocycles. The van der Waals surface area contributed by atoms with Gasteiger partial charge in [0.15, 0.2) is 5.96 Å². The first-order valence-corrected chi connectivity index (χ1v) is 7.77. The lowest BCUT2D eigenvalue weighted by molar-refractivity contribution is 0.0186. The Morgan fingerprint density at radius 3 is 2.46 bits per heavy atom.